The van der Waals surface area contributed by atoms with E-state index in [4.69, 9.17) is 0 Å². The number of nitrogens with one attached hydrogen (secondary N) is 1. The Labute approximate surface area is 141 Å². The van der Waals surface area contributed by atoms with Crippen LogP contribution in [0.2, 0.25) is 0 Å². The lowest BCUT2D eigenvalue weighted by atomic mass is 10.0. The molecule has 0 aliphatic carbocycles. The van der Waals surface area contributed by atoms with Gasteiger partial charge in [-0.1, -0.05) is 6.07 Å². The molecular formula is C17H19N3O3S. The number of aryl methyl sites for hydroxylation is 1. The lowest BCUT2D eigenvalue weighted by Crippen LogP contribution is -2.35. The number of anilines is 1. The highest BCUT2D eigenvalue weighted by molar-refractivity contribution is 7.89. The zero-order chi connectivity index (χ0) is 17.2. The maximum Gasteiger partial charge on any atom is 0.240 e. The van der Waals surface area contributed by atoms with Crippen LogP contribution in [0.15, 0.2) is 47.6 Å². The number of nitrogens with zero attached hydrogens (tertiary/aromatic N) is 2. The summed E-state index contributed by atoms with van der Waals surface area (Å²) in [5.74, 6) is 0.0790. The summed E-state index contributed by atoms with van der Waals surface area (Å²) in [4.78, 5) is 17.8. The van der Waals surface area contributed by atoms with E-state index >= 15 is 0 Å². The maximum atomic E-state index is 12.5. The fourth-order valence-corrected chi connectivity index (χ4v) is 3.88. The van der Waals surface area contributed by atoms with Crippen LogP contribution in [0.5, 0.6) is 0 Å². The first-order chi connectivity index (χ1) is 11.5. The molecule has 1 amide bonds. The van der Waals surface area contributed by atoms with E-state index in [9.17, 15) is 13.2 Å². The first-order valence-electron chi connectivity index (χ1n) is 7.83. The van der Waals surface area contributed by atoms with Crippen molar-refractivity contribution in [3.8, 4) is 0 Å². The summed E-state index contributed by atoms with van der Waals surface area (Å²) in [6.45, 7) is 2.68. The maximum absolute atomic E-state index is 12.5. The average molecular weight is 345 g/mol. The van der Waals surface area contributed by atoms with E-state index in [1.807, 2.05) is 13.0 Å². The number of sulfonamides is 1. The largest absolute Gasteiger partial charge is 0.312 e. The van der Waals surface area contributed by atoms with Crippen molar-refractivity contribution in [2.24, 2.45) is 0 Å². The zero-order valence-corrected chi connectivity index (χ0v) is 14.2. The van der Waals surface area contributed by atoms with E-state index < -0.39 is 10.0 Å². The number of hydrogen-bond acceptors (Lipinski definition) is 4. The minimum absolute atomic E-state index is 0.0790. The second kappa shape index (κ2) is 6.70. The topological polar surface area (TPSA) is 79.4 Å². The van der Waals surface area contributed by atoms with Gasteiger partial charge in [0.05, 0.1) is 4.90 Å². The summed E-state index contributed by atoms with van der Waals surface area (Å²) in [5.41, 5.74) is 2.49. The third-order valence-electron chi connectivity index (χ3n) is 4.07. The van der Waals surface area contributed by atoms with Crippen LogP contribution in [-0.4, -0.2) is 25.9 Å². The van der Waals surface area contributed by atoms with Crippen LogP contribution in [-0.2, 0) is 27.8 Å². The van der Waals surface area contributed by atoms with Crippen LogP contribution in [0.3, 0.4) is 0 Å². The van der Waals surface area contributed by atoms with E-state index in [1.54, 1.807) is 41.6 Å². The highest BCUT2D eigenvalue weighted by Gasteiger charge is 2.24. The van der Waals surface area contributed by atoms with E-state index in [-0.39, 0.29) is 17.3 Å². The van der Waals surface area contributed by atoms with Crippen LogP contribution in [0, 0.1) is 0 Å². The van der Waals surface area contributed by atoms with E-state index in [0.29, 0.717) is 19.4 Å². The Kier molecular flexibility index (Phi) is 4.64. The van der Waals surface area contributed by atoms with Crippen LogP contribution in [0.25, 0.3) is 0 Å². The second-order valence-electron chi connectivity index (χ2n) is 5.61. The van der Waals surface area contributed by atoms with E-state index in [2.05, 4.69) is 9.71 Å². The number of fused-ring (bicyclic) bond motifs is 1. The van der Waals surface area contributed by atoms with Crippen molar-refractivity contribution in [2.45, 2.75) is 31.2 Å². The molecule has 0 fully saturated rings. The molecule has 0 saturated carbocycles. The molecule has 1 N–H and O–H groups in total. The Bertz CT molecular complexity index is 851. The monoisotopic (exact) mass is 345 g/mol. The highest BCUT2D eigenvalue weighted by Crippen LogP contribution is 2.29. The highest BCUT2D eigenvalue weighted by atomic mass is 32.2. The minimum atomic E-state index is -3.61. The van der Waals surface area contributed by atoms with Gasteiger partial charge in [0.25, 0.3) is 0 Å². The molecule has 0 unspecified atom stereocenters. The molecule has 1 aromatic heterocycles. The Hall–Kier alpha value is -2.25. The van der Waals surface area contributed by atoms with Gasteiger partial charge in [0.2, 0.25) is 15.9 Å². The van der Waals surface area contributed by atoms with Gasteiger partial charge >= 0.3 is 0 Å². The first kappa shape index (κ1) is 16.6. The Morgan fingerprint density at radius 1 is 1.25 bits per heavy atom. The lowest BCUT2D eigenvalue weighted by molar-refractivity contribution is -0.118. The Balaban J connectivity index is 1.83. The van der Waals surface area contributed by atoms with Crippen LogP contribution in [0.1, 0.15) is 24.5 Å². The summed E-state index contributed by atoms with van der Waals surface area (Å²) >= 11 is 0. The molecule has 126 valence electrons. The van der Waals surface area contributed by atoms with Crippen molar-refractivity contribution in [3.63, 3.8) is 0 Å². The first-order valence-corrected chi connectivity index (χ1v) is 9.31. The molecule has 1 aliphatic rings. The minimum Gasteiger partial charge on any atom is -0.312 e. The molecule has 0 radical (unpaired) electrons. The number of aromatic nitrogens is 1. The predicted octanol–water partition coefficient (Wildman–Crippen LogP) is 1.86. The SMILES string of the molecule is CCN1C(=O)CCc2cc(S(=O)(=O)NCc3cccnc3)ccc21. The molecule has 0 bridgehead atoms. The third kappa shape index (κ3) is 3.32. The summed E-state index contributed by atoms with van der Waals surface area (Å²) in [5, 5.41) is 0. The molecule has 0 atom stereocenters. The molecule has 1 aromatic carbocycles. The third-order valence-corrected chi connectivity index (χ3v) is 5.47. The van der Waals surface area contributed by atoms with Crippen molar-refractivity contribution in [1.82, 2.24) is 9.71 Å². The number of carbonyl (C=O) groups is 1. The summed E-state index contributed by atoms with van der Waals surface area (Å²) in [6, 6.07) is 8.50. The second-order valence-corrected chi connectivity index (χ2v) is 7.38. The molecule has 6 nitrogen and oxygen atoms in total. The molecule has 0 spiro atoms. The van der Waals surface area contributed by atoms with E-state index in [1.165, 1.54) is 0 Å². The number of pyridine rings is 1. The van der Waals surface area contributed by atoms with Gasteiger partial charge in [0, 0.05) is 37.6 Å². The average Bonchev–Trinajstić information content (AvgIpc) is 2.60. The van der Waals surface area contributed by atoms with Gasteiger partial charge in [-0.2, -0.15) is 0 Å². The molecule has 0 saturated heterocycles. The van der Waals surface area contributed by atoms with Crippen LogP contribution < -0.4 is 9.62 Å². The van der Waals surface area contributed by atoms with Gasteiger partial charge in [-0.05, 0) is 48.7 Å². The molecule has 24 heavy (non-hydrogen) atoms. The molecule has 2 aromatic rings. The summed E-state index contributed by atoms with van der Waals surface area (Å²) in [7, 11) is -3.61. The van der Waals surface area contributed by atoms with Crippen LogP contribution >= 0.6 is 0 Å². The van der Waals surface area contributed by atoms with Gasteiger partial charge in [-0.25, -0.2) is 13.1 Å². The normalized spacial score (nSPS) is 14.5. The Morgan fingerprint density at radius 3 is 2.79 bits per heavy atom. The smallest absolute Gasteiger partial charge is 0.240 e. The van der Waals surface area contributed by atoms with Crippen molar-refractivity contribution in [3.05, 3.63) is 53.9 Å². The molecule has 3 rings (SSSR count). The van der Waals surface area contributed by atoms with Gasteiger partial charge in [0.1, 0.15) is 0 Å². The molecule has 2 heterocycles. The van der Waals surface area contributed by atoms with Crippen molar-refractivity contribution < 1.29 is 13.2 Å². The van der Waals surface area contributed by atoms with Gasteiger partial charge < -0.3 is 4.90 Å². The number of rotatable bonds is 5. The fraction of sp³-hybridized carbons (Fsp3) is 0.294. The molecule has 1 aliphatic heterocycles. The lowest BCUT2D eigenvalue weighted by Gasteiger charge is -2.28. The standard InChI is InChI=1S/C17H19N3O3S/c1-2-20-16-7-6-15(10-14(16)5-8-17(20)21)24(22,23)19-12-13-4-3-9-18-11-13/h3-4,6-7,9-11,19H,2,5,8,12H2,1H3. The van der Waals surface area contributed by atoms with Gasteiger partial charge in [-0.3, -0.25) is 9.78 Å². The quantitative estimate of drug-likeness (QED) is 0.897. The summed E-state index contributed by atoms with van der Waals surface area (Å²) < 4.78 is 27.6. The predicted molar refractivity (Wildman–Crippen MR) is 91.1 cm³/mol. The van der Waals surface area contributed by atoms with E-state index in [0.717, 1.165) is 16.8 Å². The Morgan fingerprint density at radius 2 is 2.08 bits per heavy atom. The van der Waals surface area contributed by atoms with Crippen molar-refractivity contribution in [1.29, 1.82) is 0 Å². The molecular weight excluding hydrogens is 326 g/mol. The number of benzene rings is 1. The molecule has 7 heteroatoms. The number of hydrogen-bond donors (Lipinski definition) is 1. The van der Waals surface area contributed by atoms with Crippen LogP contribution in [0.4, 0.5) is 5.69 Å². The van der Waals surface area contributed by atoms with Gasteiger partial charge in [-0.15, -0.1) is 0 Å². The zero-order valence-electron chi connectivity index (χ0n) is 13.4. The number of amides is 1. The fourth-order valence-electron chi connectivity index (χ4n) is 2.81. The van der Waals surface area contributed by atoms with Crippen molar-refractivity contribution >= 4 is 21.6 Å². The van der Waals surface area contributed by atoms with Crippen molar-refractivity contribution in [2.75, 3.05) is 11.4 Å². The summed E-state index contributed by atoms with van der Waals surface area (Å²) in [6.07, 6.45) is 4.24. The van der Waals surface area contributed by atoms with Gasteiger partial charge in [0.15, 0.2) is 0 Å². The number of carbonyl (C=O) groups excluding carboxylic acids is 1.